The summed E-state index contributed by atoms with van der Waals surface area (Å²) in [7, 11) is -3.80. The molecule has 0 radical (unpaired) electrons. The van der Waals surface area contributed by atoms with Crippen LogP contribution in [0.15, 0.2) is 53.4 Å². The molecule has 2 fully saturated rings. The van der Waals surface area contributed by atoms with E-state index in [0.29, 0.717) is 19.8 Å². The number of amides is 1. The van der Waals surface area contributed by atoms with Gasteiger partial charge in [-0.1, -0.05) is 41.9 Å². The van der Waals surface area contributed by atoms with E-state index in [0.717, 1.165) is 31.5 Å². The third kappa shape index (κ3) is 5.15. The quantitative estimate of drug-likeness (QED) is 0.663. The monoisotopic (exact) mass is 477 g/mol. The molecule has 32 heavy (non-hydrogen) atoms. The van der Waals surface area contributed by atoms with Crippen LogP contribution in [0, 0.1) is 0 Å². The first-order valence-corrected chi connectivity index (χ1v) is 12.7. The molecular weight excluding hydrogens is 450 g/mol. The Morgan fingerprint density at radius 1 is 1.03 bits per heavy atom. The molecule has 172 valence electrons. The van der Waals surface area contributed by atoms with Gasteiger partial charge in [0.05, 0.1) is 24.3 Å². The molecule has 2 saturated heterocycles. The van der Waals surface area contributed by atoms with Crippen LogP contribution >= 0.6 is 11.6 Å². The van der Waals surface area contributed by atoms with Crippen molar-refractivity contribution in [2.45, 2.75) is 23.8 Å². The lowest BCUT2D eigenvalue weighted by molar-refractivity contribution is 0.0730. The van der Waals surface area contributed by atoms with Gasteiger partial charge >= 0.3 is 0 Å². The normalized spacial score (nSPS) is 19.0. The van der Waals surface area contributed by atoms with Crippen molar-refractivity contribution >= 4 is 27.5 Å². The number of carbonyl (C=O) groups excluding carboxylic acids is 1. The molecule has 0 saturated carbocycles. The Bertz CT molecular complexity index is 1040. The maximum absolute atomic E-state index is 13.1. The van der Waals surface area contributed by atoms with Crippen LogP contribution in [0.3, 0.4) is 0 Å². The van der Waals surface area contributed by atoms with Gasteiger partial charge in [0.2, 0.25) is 10.0 Å². The van der Waals surface area contributed by atoms with E-state index in [2.05, 4.69) is 22.3 Å². The summed E-state index contributed by atoms with van der Waals surface area (Å²) in [5, 5.41) is 3.10. The third-order valence-electron chi connectivity index (χ3n) is 6.00. The van der Waals surface area contributed by atoms with E-state index >= 15 is 0 Å². The first kappa shape index (κ1) is 23.2. The molecule has 0 aromatic heterocycles. The number of hydrogen-bond donors (Lipinski definition) is 1. The topological polar surface area (TPSA) is 79.0 Å². The van der Waals surface area contributed by atoms with Crippen LogP contribution in [0.1, 0.15) is 34.8 Å². The minimum atomic E-state index is -3.80. The van der Waals surface area contributed by atoms with Crippen LogP contribution in [0.4, 0.5) is 0 Å². The van der Waals surface area contributed by atoms with Crippen LogP contribution in [0.5, 0.6) is 0 Å². The number of nitrogens with zero attached hydrogens (tertiary/aromatic N) is 2. The van der Waals surface area contributed by atoms with Crippen molar-refractivity contribution in [3.05, 3.63) is 64.7 Å². The number of nitrogens with one attached hydrogen (secondary N) is 1. The standard InChI is InChI=1S/C23H28ClN3O4S/c24-20-9-8-19(16-22(20)32(29,30)27-12-14-31-15-13-27)23(28)25-17-21(26-10-4-5-11-26)18-6-2-1-3-7-18/h1-3,6-9,16,21H,4-5,10-15,17H2,(H,25,28). The van der Waals surface area contributed by atoms with Gasteiger partial charge in [0.15, 0.2) is 0 Å². The highest BCUT2D eigenvalue weighted by molar-refractivity contribution is 7.89. The van der Waals surface area contributed by atoms with Gasteiger partial charge in [-0.25, -0.2) is 8.42 Å². The number of hydrogen-bond acceptors (Lipinski definition) is 5. The number of sulfonamides is 1. The Labute approximate surface area is 194 Å². The van der Waals surface area contributed by atoms with Gasteiger partial charge in [-0.2, -0.15) is 4.31 Å². The Balaban J connectivity index is 1.51. The molecule has 0 aliphatic carbocycles. The fourth-order valence-electron chi connectivity index (χ4n) is 4.25. The number of ether oxygens (including phenoxy) is 1. The highest BCUT2D eigenvalue weighted by atomic mass is 35.5. The molecule has 0 spiro atoms. The molecule has 1 N–H and O–H groups in total. The first-order chi connectivity index (χ1) is 15.5. The number of likely N-dealkylation sites (tertiary alicyclic amines) is 1. The third-order valence-corrected chi connectivity index (χ3v) is 8.38. The second kappa shape index (κ2) is 10.3. The van der Waals surface area contributed by atoms with Crippen LogP contribution in [0.2, 0.25) is 5.02 Å². The second-order valence-corrected chi connectivity index (χ2v) is 10.4. The van der Waals surface area contributed by atoms with Crippen molar-refractivity contribution in [1.82, 2.24) is 14.5 Å². The fourth-order valence-corrected chi connectivity index (χ4v) is 6.15. The van der Waals surface area contributed by atoms with E-state index in [1.54, 1.807) is 6.07 Å². The summed E-state index contributed by atoms with van der Waals surface area (Å²) < 4.78 is 32.7. The number of benzene rings is 2. The van der Waals surface area contributed by atoms with Crippen LogP contribution in [-0.2, 0) is 14.8 Å². The van der Waals surface area contributed by atoms with E-state index in [-0.39, 0.29) is 40.5 Å². The van der Waals surface area contributed by atoms with E-state index < -0.39 is 10.0 Å². The lowest BCUT2D eigenvalue weighted by atomic mass is 10.1. The van der Waals surface area contributed by atoms with Gasteiger partial charge < -0.3 is 10.1 Å². The molecule has 0 bridgehead atoms. The summed E-state index contributed by atoms with van der Waals surface area (Å²) in [6.07, 6.45) is 2.30. The number of morpholine rings is 1. The molecule has 2 aromatic rings. The van der Waals surface area contributed by atoms with Gasteiger partial charge in [-0.3, -0.25) is 9.69 Å². The Morgan fingerprint density at radius 3 is 2.41 bits per heavy atom. The second-order valence-electron chi connectivity index (χ2n) is 8.04. The number of rotatable bonds is 7. The van der Waals surface area contributed by atoms with E-state index in [1.807, 2.05) is 18.2 Å². The average Bonchev–Trinajstić information content (AvgIpc) is 3.35. The molecule has 2 aromatic carbocycles. The minimum absolute atomic E-state index is 0.0483. The fraction of sp³-hybridized carbons (Fsp3) is 0.435. The van der Waals surface area contributed by atoms with Crippen molar-refractivity contribution in [2.24, 2.45) is 0 Å². The molecule has 7 nitrogen and oxygen atoms in total. The van der Waals surface area contributed by atoms with E-state index in [9.17, 15) is 13.2 Å². The Hall–Kier alpha value is -1.97. The molecule has 2 aliphatic rings. The predicted molar refractivity (Wildman–Crippen MR) is 123 cm³/mol. The zero-order valence-corrected chi connectivity index (χ0v) is 19.4. The molecular formula is C23H28ClN3O4S. The molecule has 9 heteroatoms. The van der Waals surface area contributed by atoms with E-state index in [4.69, 9.17) is 16.3 Å². The smallest absolute Gasteiger partial charge is 0.251 e. The van der Waals surface area contributed by atoms with Gasteiger partial charge in [-0.15, -0.1) is 0 Å². The maximum Gasteiger partial charge on any atom is 0.251 e. The molecule has 2 heterocycles. The Kier molecular flexibility index (Phi) is 7.48. The lowest BCUT2D eigenvalue weighted by Gasteiger charge is -2.28. The summed E-state index contributed by atoms with van der Waals surface area (Å²) in [5.74, 6) is -0.319. The van der Waals surface area contributed by atoms with Crippen LogP contribution in [-0.4, -0.2) is 69.5 Å². The summed E-state index contributed by atoms with van der Waals surface area (Å²) in [4.78, 5) is 15.3. The summed E-state index contributed by atoms with van der Waals surface area (Å²) in [5.41, 5.74) is 1.43. The van der Waals surface area contributed by atoms with Crippen molar-refractivity contribution in [1.29, 1.82) is 0 Å². The average molecular weight is 478 g/mol. The lowest BCUT2D eigenvalue weighted by Crippen LogP contribution is -2.40. The van der Waals surface area contributed by atoms with Crippen molar-refractivity contribution in [2.75, 3.05) is 45.9 Å². The summed E-state index contributed by atoms with van der Waals surface area (Å²) >= 11 is 6.22. The van der Waals surface area contributed by atoms with Gasteiger partial charge in [0, 0.05) is 25.2 Å². The van der Waals surface area contributed by atoms with E-state index in [1.165, 1.54) is 16.4 Å². The summed E-state index contributed by atoms with van der Waals surface area (Å²) in [6.45, 7) is 3.66. The van der Waals surface area contributed by atoms with Gasteiger partial charge in [0.25, 0.3) is 5.91 Å². The number of halogens is 1. The molecule has 1 atom stereocenters. The Morgan fingerprint density at radius 2 is 1.72 bits per heavy atom. The molecule has 2 aliphatic heterocycles. The molecule has 1 unspecified atom stereocenters. The van der Waals surface area contributed by atoms with Crippen molar-refractivity contribution < 1.29 is 17.9 Å². The van der Waals surface area contributed by atoms with Crippen molar-refractivity contribution in [3.8, 4) is 0 Å². The maximum atomic E-state index is 13.1. The van der Waals surface area contributed by atoms with Crippen molar-refractivity contribution in [3.63, 3.8) is 0 Å². The first-order valence-electron chi connectivity index (χ1n) is 10.9. The minimum Gasteiger partial charge on any atom is -0.379 e. The zero-order chi connectivity index (χ0) is 22.6. The zero-order valence-electron chi connectivity index (χ0n) is 17.9. The van der Waals surface area contributed by atoms with Crippen LogP contribution in [0.25, 0.3) is 0 Å². The van der Waals surface area contributed by atoms with Gasteiger partial charge in [0.1, 0.15) is 4.90 Å². The highest BCUT2D eigenvalue weighted by Crippen LogP contribution is 2.27. The van der Waals surface area contributed by atoms with Gasteiger partial charge in [-0.05, 0) is 49.7 Å². The SMILES string of the molecule is O=C(NCC(c1ccccc1)N1CCCC1)c1ccc(Cl)c(S(=O)(=O)N2CCOCC2)c1. The van der Waals surface area contributed by atoms with Crippen LogP contribution < -0.4 is 5.32 Å². The molecule has 1 amide bonds. The predicted octanol–water partition coefficient (Wildman–Crippen LogP) is 2.93. The summed E-state index contributed by atoms with van der Waals surface area (Å²) in [6, 6.07) is 14.6. The largest absolute Gasteiger partial charge is 0.379 e. The highest BCUT2D eigenvalue weighted by Gasteiger charge is 2.29. The number of carbonyl (C=O) groups is 1. The molecule has 4 rings (SSSR count).